The first kappa shape index (κ1) is 17.5. The van der Waals surface area contributed by atoms with Gasteiger partial charge in [0.15, 0.2) is 0 Å². The number of aliphatic carboxylic acids is 1. The SMILES string of the molecule is COc1ccc(C2=CC(c3ccccc3)N(C(=O)CCC(=O)[O-])N2)cc1. The third-order valence-electron chi connectivity index (χ3n) is 4.20. The van der Waals surface area contributed by atoms with Crippen LogP contribution in [0.25, 0.3) is 5.70 Å². The van der Waals surface area contributed by atoms with Gasteiger partial charge >= 0.3 is 0 Å². The Morgan fingerprint density at radius 2 is 1.77 bits per heavy atom. The van der Waals surface area contributed by atoms with Gasteiger partial charge in [0.25, 0.3) is 0 Å². The van der Waals surface area contributed by atoms with Crippen LogP contribution in [0.3, 0.4) is 0 Å². The van der Waals surface area contributed by atoms with E-state index in [-0.39, 0.29) is 24.8 Å². The third kappa shape index (κ3) is 3.85. The van der Waals surface area contributed by atoms with Crippen molar-refractivity contribution in [2.24, 2.45) is 0 Å². The second-order valence-corrected chi connectivity index (χ2v) is 5.91. The number of nitrogens with one attached hydrogen (secondary N) is 1. The van der Waals surface area contributed by atoms with E-state index in [2.05, 4.69) is 5.43 Å². The summed E-state index contributed by atoms with van der Waals surface area (Å²) in [6, 6.07) is 16.7. The Kier molecular flexibility index (Phi) is 5.22. The summed E-state index contributed by atoms with van der Waals surface area (Å²) in [6.45, 7) is 0. The van der Waals surface area contributed by atoms with Crippen LogP contribution in [-0.2, 0) is 9.59 Å². The van der Waals surface area contributed by atoms with Gasteiger partial charge in [-0.15, -0.1) is 0 Å². The molecule has 0 saturated heterocycles. The highest BCUT2D eigenvalue weighted by Gasteiger charge is 2.30. The molecule has 3 rings (SSSR count). The van der Waals surface area contributed by atoms with Gasteiger partial charge in [-0.25, -0.2) is 5.01 Å². The number of carbonyl (C=O) groups excluding carboxylic acids is 2. The third-order valence-corrected chi connectivity index (χ3v) is 4.20. The van der Waals surface area contributed by atoms with E-state index >= 15 is 0 Å². The zero-order chi connectivity index (χ0) is 18.5. The van der Waals surface area contributed by atoms with Crippen molar-refractivity contribution in [2.75, 3.05) is 7.11 Å². The zero-order valence-corrected chi connectivity index (χ0v) is 14.3. The number of amides is 1. The minimum Gasteiger partial charge on any atom is -0.550 e. The number of ether oxygens (including phenoxy) is 1. The Balaban J connectivity index is 1.87. The van der Waals surface area contributed by atoms with Crippen molar-refractivity contribution in [3.63, 3.8) is 0 Å². The van der Waals surface area contributed by atoms with E-state index in [1.807, 2.05) is 60.7 Å². The van der Waals surface area contributed by atoms with Crippen LogP contribution in [0.5, 0.6) is 5.75 Å². The quantitative estimate of drug-likeness (QED) is 0.856. The molecular weight excluding hydrogens is 332 g/mol. The number of hydrogen-bond donors (Lipinski definition) is 1. The van der Waals surface area contributed by atoms with Crippen molar-refractivity contribution in [2.45, 2.75) is 18.9 Å². The monoisotopic (exact) mass is 351 g/mol. The van der Waals surface area contributed by atoms with Crippen molar-refractivity contribution < 1.29 is 19.4 Å². The fourth-order valence-corrected chi connectivity index (χ4v) is 2.84. The van der Waals surface area contributed by atoms with E-state index in [1.54, 1.807) is 7.11 Å². The van der Waals surface area contributed by atoms with Crippen molar-refractivity contribution in [1.82, 2.24) is 10.4 Å². The van der Waals surface area contributed by atoms with Gasteiger partial charge in [0.1, 0.15) is 5.75 Å². The van der Waals surface area contributed by atoms with Crippen LogP contribution in [0.1, 0.15) is 30.0 Å². The Labute approximate surface area is 151 Å². The van der Waals surface area contributed by atoms with E-state index < -0.39 is 5.97 Å². The molecule has 1 amide bonds. The van der Waals surface area contributed by atoms with Gasteiger partial charge in [-0.1, -0.05) is 30.3 Å². The van der Waals surface area contributed by atoms with Crippen LogP contribution < -0.4 is 15.3 Å². The van der Waals surface area contributed by atoms with Crippen molar-refractivity contribution in [1.29, 1.82) is 0 Å². The molecule has 26 heavy (non-hydrogen) atoms. The number of benzene rings is 2. The first-order valence-corrected chi connectivity index (χ1v) is 8.28. The number of hydrogen-bond acceptors (Lipinski definition) is 5. The largest absolute Gasteiger partial charge is 0.550 e. The average molecular weight is 351 g/mol. The van der Waals surface area contributed by atoms with Crippen LogP contribution >= 0.6 is 0 Å². The maximum absolute atomic E-state index is 12.5. The summed E-state index contributed by atoms with van der Waals surface area (Å²) in [6.07, 6.45) is 1.52. The number of carbonyl (C=O) groups is 2. The maximum Gasteiger partial charge on any atom is 0.242 e. The summed E-state index contributed by atoms with van der Waals surface area (Å²) >= 11 is 0. The molecule has 1 heterocycles. The molecule has 1 unspecified atom stereocenters. The molecule has 1 N–H and O–H groups in total. The summed E-state index contributed by atoms with van der Waals surface area (Å²) < 4.78 is 5.17. The van der Waals surface area contributed by atoms with Crippen LogP contribution in [0.15, 0.2) is 60.7 Å². The van der Waals surface area contributed by atoms with Crippen LogP contribution in [0, 0.1) is 0 Å². The summed E-state index contributed by atoms with van der Waals surface area (Å²) in [5.74, 6) is -0.797. The van der Waals surface area contributed by atoms with Crippen LogP contribution in [-0.4, -0.2) is 24.0 Å². The van der Waals surface area contributed by atoms with E-state index in [0.717, 1.165) is 22.6 Å². The first-order chi connectivity index (χ1) is 12.6. The number of hydrazine groups is 1. The molecule has 6 nitrogen and oxygen atoms in total. The van der Waals surface area contributed by atoms with Gasteiger partial charge in [-0.05, 0) is 47.9 Å². The lowest BCUT2D eigenvalue weighted by molar-refractivity contribution is -0.305. The minimum atomic E-state index is -1.24. The Morgan fingerprint density at radius 1 is 1.08 bits per heavy atom. The first-order valence-electron chi connectivity index (χ1n) is 8.28. The zero-order valence-electron chi connectivity index (χ0n) is 14.3. The standard InChI is InChI=1S/C20H20N2O4/c1-26-16-9-7-14(8-10-16)17-13-18(15-5-3-2-4-6-15)22(21-17)19(23)11-12-20(24)25/h2-10,13,18,21H,11-12H2,1H3,(H,24,25)/p-1. The molecule has 1 aliphatic rings. The molecule has 0 fully saturated rings. The van der Waals surface area contributed by atoms with E-state index in [1.165, 1.54) is 5.01 Å². The lowest BCUT2D eigenvalue weighted by Crippen LogP contribution is -2.40. The molecule has 0 bridgehead atoms. The van der Waals surface area contributed by atoms with Gasteiger partial charge < -0.3 is 14.6 Å². The van der Waals surface area contributed by atoms with Gasteiger partial charge in [0.05, 0.1) is 18.8 Å². The number of carboxylic acids is 1. The molecule has 0 radical (unpaired) electrons. The molecule has 0 aromatic heterocycles. The van der Waals surface area contributed by atoms with Crippen LogP contribution in [0.2, 0.25) is 0 Å². The Hall–Kier alpha value is -3.28. The molecule has 6 heteroatoms. The number of nitrogens with zero attached hydrogens (tertiary/aromatic N) is 1. The highest BCUT2D eigenvalue weighted by atomic mass is 16.5. The fourth-order valence-electron chi connectivity index (χ4n) is 2.84. The maximum atomic E-state index is 12.5. The highest BCUT2D eigenvalue weighted by molar-refractivity contribution is 5.83. The molecule has 0 saturated carbocycles. The van der Waals surface area contributed by atoms with Gasteiger partial charge in [-0.3, -0.25) is 10.2 Å². The second-order valence-electron chi connectivity index (χ2n) is 5.91. The summed E-state index contributed by atoms with van der Waals surface area (Å²) in [4.78, 5) is 23.2. The van der Waals surface area contributed by atoms with Crippen molar-refractivity contribution in [3.05, 3.63) is 71.8 Å². The predicted molar refractivity (Wildman–Crippen MR) is 94.4 cm³/mol. The minimum absolute atomic E-state index is 0.123. The van der Waals surface area contributed by atoms with E-state index in [0.29, 0.717) is 0 Å². The van der Waals surface area contributed by atoms with E-state index in [4.69, 9.17) is 4.74 Å². The lowest BCUT2D eigenvalue weighted by atomic mass is 10.0. The van der Waals surface area contributed by atoms with Crippen LogP contribution in [0.4, 0.5) is 0 Å². The average Bonchev–Trinajstić information content (AvgIpc) is 3.12. The van der Waals surface area contributed by atoms with Gasteiger partial charge in [-0.2, -0.15) is 0 Å². The molecule has 2 aromatic rings. The fraction of sp³-hybridized carbons (Fsp3) is 0.200. The smallest absolute Gasteiger partial charge is 0.242 e. The molecule has 0 aliphatic carbocycles. The number of rotatable bonds is 6. The lowest BCUT2D eigenvalue weighted by Gasteiger charge is -2.25. The molecular formula is C20H19N2O4-. The molecule has 134 valence electrons. The highest BCUT2D eigenvalue weighted by Crippen LogP contribution is 2.32. The number of carboxylic acid groups (broad SMARTS) is 1. The number of methoxy groups -OCH3 is 1. The molecule has 2 aromatic carbocycles. The Morgan fingerprint density at radius 3 is 2.38 bits per heavy atom. The second kappa shape index (κ2) is 7.74. The van der Waals surface area contributed by atoms with Crippen molar-refractivity contribution in [3.8, 4) is 5.75 Å². The van der Waals surface area contributed by atoms with Gasteiger partial charge in [0, 0.05) is 12.4 Å². The van der Waals surface area contributed by atoms with Gasteiger partial charge in [0.2, 0.25) is 5.91 Å². The Bertz CT molecular complexity index is 815. The summed E-state index contributed by atoms with van der Waals surface area (Å²) in [7, 11) is 1.60. The predicted octanol–water partition coefficient (Wildman–Crippen LogP) is 1.65. The van der Waals surface area contributed by atoms with Crippen molar-refractivity contribution >= 4 is 17.6 Å². The summed E-state index contributed by atoms with van der Waals surface area (Å²) in [5, 5.41) is 12.2. The van der Waals surface area contributed by atoms with E-state index in [9.17, 15) is 14.7 Å². The molecule has 1 atom stereocenters. The summed E-state index contributed by atoms with van der Waals surface area (Å²) in [5.41, 5.74) is 5.73. The molecule has 0 spiro atoms. The topological polar surface area (TPSA) is 81.7 Å². The normalized spacial score (nSPS) is 16.0. The molecule has 1 aliphatic heterocycles.